The van der Waals surface area contributed by atoms with Gasteiger partial charge in [0, 0.05) is 42.0 Å². The third kappa shape index (κ3) is 4.91. The van der Waals surface area contributed by atoms with Crippen LogP contribution in [0.2, 0.25) is 0 Å². The molecule has 0 radical (unpaired) electrons. The number of hydrogen-bond donors (Lipinski definition) is 1. The zero-order valence-corrected chi connectivity index (χ0v) is 18.7. The molecule has 0 amide bonds. The molecule has 3 rings (SSSR count). The second-order valence-corrected chi connectivity index (χ2v) is 10.3. The first-order chi connectivity index (χ1) is 13.2. The van der Waals surface area contributed by atoms with Crippen LogP contribution in [0.4, 0.5) is 5.69 Å². The van der Waals surface area contributed by atoms with Crippen molar-refractivity contribution in [3.8, 4) is 0 Å². The molecule has 0 aliphatic carbocycles. The van der Waals surface area contributed by atoms with Crippen molar-refractivity contribution in [2.75, 3.05) is 25.0 Å². The molecule has 0 spiro atoms. The van der Waals surface area contributed by atoms with Crippen LogP contribution in [-0.2, 0) is 21.3 Å². The topological polar surface area (TPSA) is 89.4 Å². The van der Waals surface area contributed by atoms with Gasteiger partial charge < -0.3 is 10.1 Å². The highest BCUT2D eigenvalue weighted by atomic mass is 79.9. The van der Waals surface area contributed by atoms with E-state index < -0.39 is 15.6 Å². The second kappa shape index (κ2) is 8.48. The summed E-state index contributed by atoms with van der Waals surface area (Å²) >= 11 is 3.49. The molecule has 10 heteroatoms. The summed E-state index contributed by atoms with van der Waals surface area (Å²) < 4.78 is 36.1. The largest absolute Gasteiger partial charge is 0.384 e. The van der Waals surface area contributed by atoms with Gasteiger partial charge in [-0.2, -0.15) is 4.31 Å². The van der Waals surface area contributed by atoms with Crippen LogP contribution in [0.15, 0.2) is 40.0 Å². The van der Waals surface area contributed by atoms with Gasteiger partial charge in [-0.05, 0) is 61.3 Å². The molecular weight excluding hydrogens is 446 g/mol. The third-order valence-electron chi connectivity index (χ3n) is 4.64. The van der Waals surface area contributed by atoms with Gasteiger partial charge >= 0.3 is 0 Å². The van der Waals surface area contributed by atoms with E-state index in [-0.39, 0.29) is 10.9 Å². The number of benzene rings is 1. The molecule has 1 aliphatic heterocycles. The van der Waals surface area contributed by atoms with Crippen LogP contribution in [0, 0.1) is 0 Å². The number of nitrogens with zero attached hydrogens (tertiary/aromatic N) is 4. The third-order valence-corrected chi connectivity index (χ3v) is 7.25. The molecule has 1 saturated heterocycles. The van der Waals surface area contributed by atoms with Crippen molar-refractivity contribution in [2.45, 2.75) is 50.3 Å². The fourth-order valence-corrected chi connectivity index (χ4v) is 5.54. The lowest BCUT2D eigenvalue weighted by Gasteiger charge is -2.41. The minimum Gasteiger partial charge on any atom is -0.384 e. The minimum atomic E-state index is -3.60. The maximum atomic E-state index is 13.2. The molecule has 154 valence electrons. The number of morpholine rings is 1. The number of aryl methyl sites for hydroxylation is 1. The average Bonchev–Trinajstić information content (AvgIpc) is 3.15. The summed E-state index contributed by atoms with van der Waals surface area (Å²) in [5.74, 6) is 0. The van der Waals surface area contributed by atoms with E-state index in [1.807, 2.05) is 27.0 Å². The predicted molar refractivity (Wildman–Crippen MR) is 111 cm³/mol. The minimum absolute atomic E-state index is 0.202. The van der Waals surface area contributed by atoms with Crippen LogP contribution in [0.25, 0.3) is 0 Å². The van der Waals surface area contributed by atoms with Crippen molar-refractivity contribution in [3.05, 3.63) is 35.1 Å². The molecule has 1 aliphatic rings. The average molecular weight is 472 g/mol. The predicted octanol–water partition coefficient (Wildman–Crippen LogP) is 2.73. The Morgan fingerprint density at radius 2 is 2.18 bits per heavy atom. The van der Waals surface area contributed by atoms with Gasteiger partial charge in [-0.15, -0.1) is 5.10 Å². The van der Waals surface area contributed by atoms with Crippen LogP contribution in [0.3, 0.4) is 0 Å². The van der Waals surface area contributed by atoms with Crippen LogP contribution in [-0.4, -0.2) is 59.1 Å². The molecule has 1 aromatic carbocycles. The van der Waals surface area contributed by atoms with Crippen molar-refractivity contribution >= 4 is 31.6 Å². The lowest BCUT2D eigenvalue weighted by atomic mass is 10.1. The molecule has 28 heavy (non-hydrogen) atoms. The van der Waals surface area contributed by atoms with Crippen LogP contribution in [0.1, 0.15) is 27.2 Å². The van der Waals surface area contributed by atoms with E-state index in [1.54, 1.807) is 29.1 Å². The molecule has 1 aromatic heterocycles. The fraction of sp³-hybridized carbons (Fsp3) is 0.556. The van der Waals surface area contributed by atoms with E-state index in [9.17, 15) is 8.42 Å². The first-order valence-electron chi connectivity index (χ1n) is 9.22. The zero-order chi connectivity index (χ0) is 20.4. The zero-order valence-electron chi connectivity index (χ0n) is 16.3. The smallest absolute Gasteiger partial charge is 0.243 e. The SMILES string of the molecule is C[C@H]1COC(C)(C)CN1S(=O)(=O)c1ccc(NCCCn2ccnn2)c(Br)c1. The van der Waals surface area contributed by atoms with E-state index in [0.717, 1.165) is 29.7 Å². The second-order valence-electron chi connectivity index (χ2n) is 7.56. The Labute approximate surface area is 174 Å². The molecule has 1 fully saturated rings. The van der Waals surface area contributed by atoms with Crippen molar-refractivity contribution in [2.24, 2.45) is 0 Å². The van der Waals surface area contributed by atoms with Crippen molar-refractivity contribution in [1.29, 1.82) is 0 Å². The van der Waals surface area contributed by atoms with Gasteiger partial charge in [-0.25, -0.2) is 8.42 Å². The molecular formula is C18H26BrN5O3S. The lowest BCUT2D eigenvalue weighted by Crippen LogP contribution is -2.54. The highest BCUT2D eigenvalue weighted by Crippen LogP contribution is 2.31. The Morgan fingerprint density at radius 3 is 2.86 bits per heavy atom. The number of nitrogens with one attached hydrogen (secondary N) is 1. The number of hydrogen-bond acceptors (Lipinski definition) is 6. The van der Waals surface area contributed by atoms with Gasteiger partial charge in [-0.3, -0.25) is 4.68 Å². The number of ether oxygens (including phenoxy) is 1. The molecule has 2 aromatic rings. The van der Waals surface area contributed by atoms with Gasteiger partial charge in [0.2, 0.25) is 10.0 Å². The Balaban J connectivity index is 1.66. The van der Waals surface area contributed by atoms with E-state index in [1.165, 1.54) is 4.31 Å². The normalized spacial score (nSPS) is 20.2. The van der Waals surface area contributed by atoms with Gasteiger partial charge in [-0.1, -0.05) is 5.21 Å². The van der Waals surface area contributed by atoms with E-state index >= 15 is 0 Å². The molecule has 0 unspecified atom stereocenters. The van der Waals surface area contributed by atoms with Crippen molar-refractivity contribution < 1.29 is 13.2 Å². The molecule has 8 nitrogen and oxygen atoms in total. The van der Waals surface area contributed by atoms with Gasteiger partial charge in [0.05, 0.1) is 23.3 Å². The summed E-state index contributed by atoms with van der Waals surface area (Å²) in [5.41, 5.74) is 0.357. The summed E-state index contributed by atoms with van der Waals surface area (Å²) in [6, 6.07) is 4.90. The Bertz CT molecular complexity index is 902. The van der Waals surface area contributed by atoms with Crippen LogP contribution < -0.4 is 5.32 Å². The summed E-state index contributed by atoms with van der Waals surface area (Å²) in [5, 5.41) is 11.0. The van der Waals surface area contributed by atoms with E-state index in [0.29, 0.717) is 13.2 Å². The monoisotopic (exact) mass is 471 g/mol. The van der Waals surface area contributed by atoms with E-state index in [2.05, 4.69) is 31.6 Å². The quantitative estimate of drug-likeness (QED) is 0.624. The highest BCUT2D eigenvalue weighted by molar-refractivity contribution is 9.10. The van der Waals surface area contributed by atoms with Gasteiger partial charge in [0.25, 0.3) is 0 Å². The number of sulfonamides is 1. The number of aromatic nitrogens is 3. The Hall–Kier alpha value is -1.49. The summed E-state index contributed by atoms with van der Waals surface area (Å²) in [4.78, 5) is 0.275. The van der Waals surface area contributed by atoms with Crippen LogP contribution >= 0.6 is 15.9 Å². The first-order valence-corrected chi connectivity index (χ1v) is 11.5. The van der Waals surface area contributed by atoms with Gasteiger partial charge in [0.15, 0.2) is 0 Å². The first kappa shape index (κ1) is 21.2. The molecule has 0 bridgehead atoms. The molecule has 0 saturated carbocycles. The molecule has 2 heterocycles. The standard InChI is InChI=1S/C18H26BrN5O3S/c1-14-12-27-18(2,3)13-24(14)28(25,26)15-5-6-17(16(19)11-15)20-7-4-9-23-10-8-21-22-23/h5-6,8,10-11,14,20H,4,7,9,12-13H2,1-3H3/t14-/m0/s1. The van der Waals surface area contributed by atoms with Crippen molar-refractivity contribution in [1.82, 2.24) is 19.3 Å². The van der Waals surface area contributed by atoms with Crippen LogP contribution in [0.5, 0.6) is 0 Å². The summed E-state index contributed by atoms with van der Waals surface area (Å²) in [7, 11) is -3.60. The number of anilines is 1. The Morgan fingerprint density at radius 1 is 1.39 bits per heavy atom. The lowest BCUT2D eigenvalue weighted by molar-refractivity contribution is -0.0849. The van der Waals surface area contributed by atoms with E-state index in [4.69, 9.17) is 4.74 Å². The number of halogens is 1. The maximum absolute atomic E-state index is 13.2. The maximum Gasteiger partial charge on any atom is 0.243 e. The molecule has 1 atom stereocenters. The fourth-order valence-electron chi connectivity index (χ4n) is 3.08. The summed E-state index contributed by atoms with van der Waals surface area (Å²) in [6.07, 6.45) is 4.35. The Kier molecular flexibility index (Phi) is 6.43. The van der Waals surface area contributed by atoms with Gasteiger partial charge in [0.1, 0.15) is 0 Å². The highest BCUT2D eigenvalue weighted by Gasteiger charge is 2.39. The van der Waals surface area contributed by atoms with Crippen molar-refractivity contribution in [3.63, 3.8) is 0 Å². The number of rotatable bonds is 7. The molecule has 1 N–H and O–H groups in total. The summed E-state index contributed by atoms with van der Waals surface area (Å²) in [6.45, 7) is 7.90.